The predicted molar refractivity (Wildman–Crippen MR) is 69.1 cm³/mol. The van der Waals surface area contributed by atoms with E-state index in [2.05, 4.69) is 15.1 Å². The maximum absolute atomic E-state index is 5.77. The molecule has 2 N–H and O–H groups in total. The first kappa shape index (κ1) is 13.0. The maximum atomic E-state index is 5.77. The van der Waals surface area contributed by atoms with Crippen molar-refractivity contribution >= 4 is 11.6 Å². The van der Waals surface area contributed by atoms with E-state index in [1.807, 2.05) is 0 Å². The number of halogens is 1. The lowest BCUT2D eigenvalue weighted by molar-refractivity contribution is 0.374. The molecule has 0 fully saturated rings. The Morgan fingerprint density at radius 1 is 1.22 bits per heavy atom. The quantitative estimate of drug-likeness (QED) is 0.813. The molecule has 0 atom stereocenters. The Balaban J connectivity index is 1.95. The summed E-state index contributed by atoms with van der Waals surface area (Å²) in [5, 5.41) is 4.49. The fourth-order valence-electron chi connectivity index (χ4n) is 1.57. The van der Waals surface area contributed by atoms with Crippen LogP contribution >= 0.6 is 11.6 Å². The molecule has 0 aliphatic carbocycles. The first-order chi connectivity index (χ1) is 8.79. The summed E-state index contributed by atoms with van der Waals surface area (Å²) in [6.45, 7) is 0.726. The maximum Gasteiger partial charge on any atom is 0.227 e. The summed E-state index contributed by atoms with van der Waals surface area (Å²) in [7, 11) is 0. The number of aromatic nitrogens is 3. The number of nitrogens with zero attached hydrogens (tertiary/aromatic N) is 3. The molecule has 0 aliphatic heterocycles. The second-order valence-corrected chi connectivity index (χ2v) is 4.41. The zero-order valence-electron chi connectivity index (χ0n) is 9.97. The molecule has 0 aromatic carbocycles. The van der Waals surface area contributed by atoms with E-state index in [1.54, 1.807) is 18.3 Å². The SMILES string of the molecule is NCCCCCc1nc(-c2ccc(Cl)cn2)no1. The lowest BCUT2D eigenvalue weighted by Crippen LogP contribution is -1.98. The van der Waals surface area contributed by atoms with Crippen molar-refractivity contribution in [2.45, 2.75) is 25.7 Å². The molecule has 0 bridgehead atoms. The Bertz CT molecular complexity index is 483. The minimum absolute atomic E-state index is 0.500. The van der Waals surface area contributed by atoms with Crippen molar-refractivity contribution in [1.82, 2.24) is 15.1 Å². The topological polar surface area (TPSA) is 77.8 Å². The first-order valence-corrected chi connectivity index (χ1v) is 6.32. The first-order valence-electron chi connectivity index (χ1n) is 5.94. The summed E-state index contributed by atoms with van der Waals surface area (Å²) in [6, 6.07) is 3.52. The molecule has 5 nitrogen and oxygen atoms in total. The van der Waals surface area contributed by atoms with E-state index in [4.69, 9.17) is 21.9 Å². The van der Waals surface area contributed by atoms with Gasteiger partial charge >= 0.3 is 0 Å². The Morgan fingerprint density at radius 2 is 2.11 bits per heavy atom. The van der Waals surface area contributed by atoms with Gasteiger partial charge in [-0.1, -0.05) is 23.2 Å². The van der Waals surface area contributed by atoms with Crippen LogP contribution in [0.15, 0.2) is 22.9 Å². The van der Waals surface area contributed by atoms with Crippen LogP contribution in [0.2, 0.25) is 5.02 Å². The van der Waals surface area contributed by atoms with Crippen LogP contribution in [0.3, 0.4) is 0 Å². The van der Waals surface area contributed by atoms with E-state index in [0.717, 1.165) is 32.2 Å². The minimum Gasteiger partial charge on any atom is -0.339 e. The largest absolute Gasteiger partial charge is 0.339 e. The molecular formula is C12H15ClN4O. The minimum atomic E-state index is 0.500. The van der Waals surface area contributed by atoms with E-state index in [-0.39, 0.29) is 0 Å². The number of unbranched alkanes of at least 4 members (excludes halogenated alkanes) is 2. The van der Waals surface area contributed by atoms with Crippen LogP contribution in [0.25, 0.3) is 11.5 Å². The van der Waals surface area contributed by atoms with Gasteiger partial charge in [-0.3, -0.25) is 4.98 Å². The molecule has 2 aromatic heterocycles. The number of rotatable bonds is 6. The third-order valence-corrected chi connectivity index (χ3v) is 2.74. The zero-order valence-corrected chi connectivity index (χ0v) is 10.7. The van der Waals surface area contributed by atoms with Gasteiger partial charge in [-0.25, -0.2) is 0 Å². The van der Waals surface area contributed by atoms with E-state index in [9.17, 15) is 0 Å². The van der Waals surface area contributed by atoms with Crippen molar-refractivity contribution in [1.29, 1.82) is 0 Å². The fourth-order valence-corrected chi connectivity index (χ4v) is 1.68. The Labute approximate surface area is 110 Å². The lowest BCUT2D eigenvalue weighted by Gasteiger charge is -1.94. The number of aryl methyl sites for hydroxylation is 1. The van der Waals surface area contributed by atoms with Gasteiger partial charge in [0.2, 0.25) is 11.7 Å². The van der Waals surface area contributed by atoms with Gasteiger partial charge in [0.25, 0.3) is 0 Å². The van der Waals surface area contributed by atoms with Crippen molar-refractivity contribution in [3.05, 3.63) is 29.2 Å². The lowest BCUT2D eigenvalue weighted by atomic mass is 10.2. The van der Waals surface area contributed by atoms with Crippen LogP contribution in [-0.2, 0) is 6.42 Å². The highest BCUT2D eigenvalue weighted by Gasteiger charge is 2.09. The molecule has 0 unspecified atom stereocenters. The molecule has 18 heavy (non-hydrogen) atoms. The van der Waals surface area contributed by atoms with Crippen LogP contribution < -0.4 is 5.73 Å². The number of hydrogen-bond acceptors (Lipinski definition) is 5. The van der Waals surface area contributed by atoms with Crippen LogP contribution in [0, 0.1) is 0 Å². The second kappa shape index (κ2) is 6.47. The average Bonchev–Trinajstić information content (AvgIpc) is 2.84. The van der Waals surface area contributed by atoms with Gasteiger partial charge in [0, 0.05) is 12.6 Å². The van der Waals surface area contributed by atoms with Gasteiger partial charge in [-0.15, -0.1) is 0 Å². The van der Waals surface area contributed by atoms with Crippen molar-refractivity contribution in [2.75, 3.05) is 6.54 Å². The van der Waals surface area contributed by atoms with E-state index in [0.29, 0.717) is 22.4 Å². The van der Waals surface area contributed by atoms with Crippen molar-refractivity contribution in [2.24, 2.45) is 5.73 Å². The van der Waals surface area contributed by atoms with E-state index >= 15 is 0 Å². The molecule has 0 saturated carbocycles. The van der Waals surface area contributed by atoms with E-state index in [1.165, 1.54) is 0 Å². The van der Waals surface area contributed by atoms with Crippen molar-refractivity contribution < 1.29 is 4.52 Å². The summed E-state index contributed by atoms with van der Waals surface area (Å²) in [6.07, 6.45) is 5.45. The summed E-state index contributed by atoms with van der Waals surface area (Å²) in [5.41, 5.74) is 6.09. The Kier molecular flexibility index (Phi) is 4.66. The molecule has 2 aromatic rings. The summed E-state index contributed by atoms with van der Waals surface area (Å²) in [5.74, 6) is 1.14. The molecule has 96 valence electrons. The Hall–Kier alpha value is -1.46. The van der Waals surface area contributed by atoms with Gasteiger partial charge < -0.3 is 10.3 Å². The predicted octanol–water partition coefficient (Wildman–Crippen LogP) is 2.46. The molecule has 6 heteroatoms. The number of nitrogens with two attached hydrogens (primary N) is 1. The molecule has 2 rings (SSSR count). The summed E-state index contributed by atoms with van der Waals surface area (Å²) < 4.78 is 5.16. The van der Waals surface area contributed by atoms with Crippen LogP contribution in [0.4, 0.5) is 0 Å². The van der Waals surface area contributed by atoms with Crippen LogP contribution in [0.5, 0.6) is 0 Å². The standard InChI is InChI=1S/C12H15ClN4O/c13-9-5-6-10(15-8-9)12-16-11(18-17-12)4-2-1-3-7-14/h5-6,8H,1-4,7,14H2. The zero-order chi connectivity index (χ0) is 12.8. The van der Waals surface area contributed by atoms with Crippen molar-refractivity contribution in [3.63, 3.8) is 0 Å². The fraction of sp³-hybridized carbons (Fsp3) is 0.417. The van der Waals surface area contributed by atoms with Gasteiger partial charge in [0.05, 0.1) is 5.02 Å². The van der Waals surface area contributed by atoms with Crippen LogP contribution in [0.1, 0.15) is 25.2 Å². The normalized spacial score (nSPS) is 10.8. The Morgan fingerprint density at radius 3 is 2.83 bits per heavy atom. The molecule has 0 aliphatic rings. The molecule has 0 saturated heterocycles. The monoisotopic (exact) mass is 266 g/mol. The van der Waals surface area contributed by atoms with Gasteiger partial charge in [-0.05, 0) is 31.5 Å². The molecule has 0 spiro atoms. The number of hydrogen-bond donors (Lipinski definition) is 1. The van der Waals surface area contributed by atoms with Gasteiger partial charge in [-0.2, -0.15) is 4.98 Å². The third-order valence-electron chi connectivity index (χ3n) is 2.52. The summed E-state index contributed by atoms with van der Waals surface area (Å²) >= 11 is 5.77. The van der Waals surface area contributed by atoms with E-state index < -0.39 is 0 Å². The number of pyridine rings is 1. The highest BCUT2D eigenvalue weighted by atomic mass is 35.5. The smallest absolute Gasteiger partial charge is 0.227 e. The third kappa shape index (κ3) is 3.51. The highest BCUT2D eigenvalue weighted by molar-refractivity contribution is 6.30. The van der Waals surface area contributed by atoms with Crippen molar-refractivity contribution in [3.8, 4) is 11.5 Å². The molecule has 0 radical (unpaired) electrons. The molecule has 2 heterocycles. The highest BCUT2D eigenvalue weighted by Crippen LogP contribution is 2.16. The summed E-state index contributed by atoms with van der Waals surface area (Å²) in [4.78, 5) is 8.43. The van der Waals surface area contributed by atoms with Gasteiger partial charge in [0.15, 0.2) is 0 Å². The van der Waals surface area contributed by atoms with Crippen LogP contribution in [-0.4, -0.2) is 21.7 Å². The molecule has 0 amide bonds. The average molecular weight is 267 g/mol. The molecular weight excluding hydrogens is 252 g/mol. The van der Waals surface area contributed by atoms with Gasteiger partial charge in [0.1, 0.15) is 5.69 Å². The second-order valence-electron chi connectivity index (χ2n) is 3.97.